The van der Waals surface area contributed by atoms with Gasteiger partial charge in [-0.15, -0.1) is 11.8 Å². The maximum Gasteiger partial charge on any atom is 0.327 e. The van der Waals surface area contributed by atoms with Crippen LogP contribution in [0.5, 0.6) is 5.75 Å². The molecule has 0 N–H and O–H groups in total. The van der Waals surface area contributed by atoms with E-state index >= 15 is 0 Å². The summed E-state index contributed by atoms with van der Waals surface area (Å²) < 4.78 is 11.4. The highest BCUT2D eigenvalue weighted by Gasteiger charge is 2.47. The van der Waals surface area contributed by atoms with Crippen LogP contribution in [-0.2, 0) is 32.1 Å². The zero-order valence-electron chi connectivity index (χ0n) is 18.0. The molecule has 4 nitrogen and oxygen atoms in total. The minimum absolute atomic E-state index is 0.0777. The molecule has 4 rings (SSSR count). The van der Waals surface area contributed by atoms with E-state index in [1.807, 2.05) is 72.8 Å². The number of thioether (sulfide) groups is 1. The van der Waals surface area contributed by atoms with Crippen molar-refractivity contribution in [2.75, 3.05) is 7.11 Å². The number of benzene rings is 3. The Labute approximate surface area is 192 Å². The second-order valence-corrected chi connectivity index (χ2v) is 9.05. The molecule has 32 heavy (non-hydrogen) atoms. The summed E-state index contributed by atoms with van der Waals surface area (Å²) in [5, 5.41) is -0.810. The van der Waals surface area contributed by atoms with Crippen molar-refractivity contribution in [2.24, 2.45) is 0 Å². The number of ether oxygens (including phenoxy) is 2. The Morgan fingerprint density at radius 1 is 0.938 bits per heavy atom. The summed E-state index contributed by atoms with van der Waals surface area (Å²) in [5.74, 6) is 0.757. The number of esters is 1. The van der Waals surface area contributed by atoms with Crippen LogP contribution in [0.15, 0.2) is 84.9 Å². The Morgan fingerprint density at radius 3 is 2.31 bits per heavy atom. The lowest BCUT2D eigenvalue weighted by Gasteiger charge is -2.39. The summed E-state index contributed by atoms with van der Waals surface area (Å²) in [6, 6.07) is 27.4. The molecule has 2 atom stereocenters. The molecule has 0 aromatic heterocycles. The quantitative estimate of drug-likeness (QED) is 0.345. The molecule has 1 aliphatic rings. The average molecular weight is 447 g/mol. The number of aryl methyl sites for hydroxylation is 1. The molecule has 2 unspecified atom stereocenters. The molecule has 1 saturated heterocycles. The molecule has 1 heterocycles. The van der Waals surface area contributed by atoms with E-state index in [1.54, 1.807) is 7.11 Å². The van der Waals surface area contributed by atoms with Crippen molar-refractivity contribution >= 4 is 23.5 Å². The third-order valence-corrected chi connectivity index (χ3v) is 7.06. The molecule has 0 bridgehead atoms. The number of ketones is 1. The molecule has 0 saturated carbocycles. The first-order chi connectivity index (χ1) is 15.6. The van der Waals surface area contributed by atoms with E-state index in [9.17, 15) is 9.59 Å². The second kappa shape index (κ2) is 10.0. The van der Waals surface area contributed by atoms with Crippen LogP contribution < -0.4 is 4.74 Å². The van der Waals surface area contributed by atoms with Crippen LogP contribution in [0.2, 0.25) is 0 Å². The number of cyclic esters (lactones) is 1. The highest BCUT2D eigenvalue weighted by Crippen LogP contribution is 2.41. The van der Waals surface area contributed by atoms with E-state index in [0.717, 1.165) is 28.9 Å². The predicted octanol–water partition coefficient (Wildman–Crippen LogP) is 5.34. The summed E-state index contributed by atoms with van der Waals surface area (Å²) >= 11 is 1.32. The summed E-state index contributed by atoms with van der Waals surface area (Å²) in [6.45, 7) is 0. The first kappa shape index (κ1) is 22.2. The lowest BCUT2D eigenvalue weighted by Crippen LogP contribution is -2.47. The number of Topliss-reactive ketones (excluding diaryl/α,β-unsaturated/α-hetero) is 1. The lowest BCUT2D eigenvalue weighted by atomic mass is 9.81. The number of methoxy groups -OCH3 is 1. The summed E-state index contributed by atoms with van der Waals surface area (Å²) in [6.07, 6.45) is 1.47. The molecule has 1 aliphatic heterocycles. The molecule has 3 aromatic rings. The van der Waals surface area contributed by atoms with E-state index in [0.29, 0.717) is 12.2 Å². The van der Waals surface area contributed by atoms with Crippen molar-refractivity contribution in [2.45, 2.75) is 35.9 Å². The van der Waals surface area contributed by atoms with Gasteiger partial charge in [0.15, 0.2) is 11.0 Å². The first-order valence-electron chi connectivity index (χ1n) is 10.7. The van der Waals surface area contributed by atoms with Crippen LogP contribution >= 0.6 is 11.8 Å². The summed E-state index contributed by atoms with van der Waals surface area (Å²) in [4.78, 5) is 26.3. The van der Waals surface area contributed by atoms with Gasteiger partial charge in [-0.1, -0.05) is 72.8 Å². The van der Waals surface area contributed by atoms with Crippen LogP contribution in [0.4, 0.5) is 0 Å². The van der Waals surface area contributed by atoms with E-state index in [4.69, 9.17) is 9.47 Å². The Bertz CT molecular complexity index is 1050. The van der Waals surface area contributed by atoms with Gasteiger partial charge < -0.3 is 9.47 Å². The van der Waals surface area contributed by atoms with Crippen molar-refractivity contribution < 1.29 is 19.1 Å². The highest BCUT2D eigenvalue weighted by atomic mass is 32.2. The van der Waals surface area contributed by atoms with Crippen molar-refractivity contribution in [1.82, 2.24) is 0 Å². The number of hydrogen-bond donors (Lipinski definition) is 0. The zero-order valence-corrected chi connectivity index (χ0v) is 18.8. The Kier molecular flexibility index (Phi) is 6.96. The average Bonchev–Trinajstić information content (AvgIpc) is 2.83. The number of hydrogen-bond acceptors (Lipinski definition) is 5. The smallest absolute Gasteiger partial charge is 0.327 e. The van der Waals surface area contributed by atoms with Gasteiger partial charge in [-0.2, -0.15) is 0 Å². The van der Waals surface area contributed by atoms with Crippen molar-refractivity contribution in [3.8, 4) is 5.75 Å². The first-order valence-corrected chi connectivity index (χ1v) is 11.7. The Morgan fingerprint density at radius 2 is 1.62 bits per heavy atom. The van der Waals surface area contributed by atoms with Gasteiger partial charge in [0.2, 0.25) is 0 Å². The molecule has 0 aliphatic carbocycles. The van der Waals surface area contributed by atoms with E-state index < -0.39 is 16.8 Å². The number of rotatable bonds is 8. The SMILES string of the molecule is COc1cccc(CSC2C(=O)CC(CCc3ccccc3)(c3ccccc3)OC2=O)c1. The normalized spacial score (nSPS) is 20.6. The van der Waals surface area contributed by atoms with Gasteiger partial charge in [0.05, 0.1) is 13.5 Å². The van der Waals surface area contributed by atoms with Gasteiger partial charge >= 0.3 is 5.97 Å². The Balaban J connectivity index is 1.51. The fraction of sp³-hybridized carbons (Fsp3) is 0.259. The summed E-state index contributed by atoms with van der Waals surface area (Å²) in [5.41, 5.74) is 2.09. The Hall–Kier alpha value is -3.05. The second-order valence-electron chi connectivity index (χ2n) is 7.95. The largest absolute Gasteiger partial charge is 0.497 e. The molecule has 3 aromatic carbocycles. The maximum atomic E-state index is 13.2. The predicted molar refractivity (Wildman–Crippen MR) is 127 cm³/mol. The van der Waals surface area contributed by atoms with Gasteiger partial charge in [-0.3, -0.25) is 9.59 Å². The lowest BCUT2D eigenvalue weighted by molar-refractivity contribution is -0.171. The van der Waals surface area contributed by atoms with Crippen LogP contribution in [0, 0.1) is 0 Å². The molecule has 0 radical (unpaired) electrons. The van der Waals surface area contributed by atoms with Crippen LogP contribution in [-0.4, -0.2) is 24.1 Å². The van der Waals surface area contributed by atoms with Crippen molar-refractivity contribution in [1.29, 1.82) is 0 Å². The number of carbonyl (C=O) groups excluding carboxylic acids is 2. The van der Waals surface area contributed by atoms with Gasteiger partial charge in [0.1, 0.15) is 11.4 Å². The van der Waals surface area contributed by atoms with E-state index in [-0.39, 0.29) is 12.2 Å². The molecule has 1 fully saturated rings. The number of carbonyl (C=O) groups is 2. The molecule has 0 spiro atoms. The van der Waals surface area contributed by atoms with Gasteiger partial charge in [0, 0.05) is 5.75 Å². The molecule has 5 heteroatoms. The van der Waals surface area contributed by atoms with Crippen molar-refractivity contribution in [3.63, 3.8) is 0 Å². The molecule has 164 valence electrons. The standard InChI is InChI=1S/C27H26O4S/c1-30-23-14-8-11-21(17-23)19-32-25-24(28)18-27(31-26(25)29,22-12-6-3-7-13-22)16-15-20-9-4-2-5-10-20/h2-14,17,25H,15-16,18-19H2,1H3. The van der Waals surface area contributed by atoms with Crippen LogP contribution in [0.3, 0.4) is 0 Å². The van der Waals surface area contributed by atoms with Crippen LogP contribution in [0.1, 0.15) is 29.5 Å². The maximum absolute atomic E-state index is 13.2. The van der Waals surface area contributed by atoms with Crippen molar-refractivity contribution in [3.05, 3.63) is 102 Å². The molecular formula is C27H26O4S. The topological polar surface area (TPSA) is 52.6 Å². The third kappa shape index (κ3) is 5.05. The fourth-order valence-corrected chi connectivity index (χ4v) is 5.06. The molecule has 0 amide bonds. The van der Waals surface area contributed by atoms with Gasteiger partial charge in [-0.25, -0.2) is 0 Å². The fourth-order valence-electron chi connectivity index (χ4n) is 4.07. The summed E-state index contributed by atoms with van der Waals surface area (Å²) in [7, 11) is 1.62. The minimum Gasteiger partial charge on any atom is -0.497 e. The highest BCUT2D eigenvalue weighted by molar-refractivity contribution is 8.00. The minimum atomic E-state index is -0.932. The third-order valence-electron chi connectivity index (χ3n) is 5.77. The van der Waals surface area contributed by atoms with Gasteiger partial charge in [-0.05, 0) is 41.7 Å². The zero-order chi connectivity index (χ0) is 22.4. The monoisotopic (exact) mass is 446 g/mol. The van der Waals surface area contributed by atoms with Crippen LogP contribution in [0.25, 0.3) is 0 Å². The molecular weight excluding hydrogens is 420 g/mol. The van der Waals surface area contributed by atoms with E-state index in [1.165, 1.54) is 11.8 Å². The van der Waals surface area contributed by atoms with E-state index in [2.05, 4.69) is 12.1 Å². The van der Waals surface area contributed by atoms with Gasteiger partial charge in [0.25, 0.3) is 0 Å².